The van der Waals surface area contributed by atoms with E-state index in [1.165, 1.54) is 0 Å². The van der Waals surface area contributed by atoms with E-state index in [9.17, 15) is 21.0 Å². The van der Waals surface area contributed by atoms with Crippen LogP contribution in [0.15, 0.2) is 212 Å². The van der Waals surface area contributed by atoms with E-state index in [-0.39, 0.29) is 0 Å². The van der Waals surface area contributed by atoms with Crippen LogP contribution in [-0.2, 0) is 0 Å². The van der Waals surface area contributed by atoms with E-state index in [0.717, 1.165) is 83.4 Å². The van der Waals surface area contributed by atoms with E-state index < -0.39 is 0 Å². The molecule has 11 aromatic rings. The lowest BCUT2D eigenvalue weighted by Gasteiger charge is -2.22. The van der Waals surface area contributed by atoms with Crippen molar-refractivity contribution in [2.24, 2.45) is 0 Å². The monoisotopic (exact) mass is 877 g/mol. The first-order valence-corrected chi connectivity index (χ1v) is 22.3. The zero-order chi connectivity index (χ0) is 46.8. The normalized spacial score (nSPS) is 10.8. The van der Waals surface area contributed by atoms with Crippen LogP contribution >= 0.6 is 0 Å². The quantitative estimate of drug-likeness (QED) is 0.150. The third-order valence-electron chi connectivity index (χ3n) is 12.6. The van der Waals surface area contributed by atoms with Crippen LogP contribution in [0.2, 0.25) is 0 Å². The Balaban J connectivity index is 1.29. The van der Waals surface area contributed by atoms with E-state index in [0.29, 0.717) is 44.8 Å². The summed E-state index contributed by atoms with van der Waals surface area (Å²) in [4.78, 5) is 10.5. The largest absolute Gasteiger partial charge is 0.308 e. The Morgan fingerprint density at radius 2 is 0.667 bits per heavy atom. The van der Waals surface area contributed by atoms with Gasteiger partial charge in [-0.3, -0.25) is 0 Å². The Kier molecular flexibility index (Phi) is 10.6. The van der Waals surface area contributed by atoms with Crippen molar-refractivity contribution in [2.75, 3.05) is 0 Å². The Hall–Kier alpha value is -10.2. The van der Waals surface area contributed by atoms with Crippen molar-refractivity contribution in [1.82, 2.24) is 14.5 Å². The van der Waals surface area contributed by atoms with Crippen LogP contribution in [0.25, 0.3) is 106 Å². The number of nitriles is 4. The van der Waals surface area contributed by atoms with Gasteiger partial charge in [-0.2, -0.15) is 21.0 Å². The number of fused-ring (bicyclic) bond motifs is 3. The van der Waals surface area contributed by atoms with E-state index in [4.69, 9.17) is 9.97 Å². The van der Waals surface area contributed by atoms with Gasteiger partial charge in [0.15, 0.2) is 5.82 Å². The molecule has 0 radical (unpaired) electrons. The van der Waals surface area contributed by atoms with E-state index in [2.05, 4.69) is 65.2 Å². The first-order valence-electron chi connectivity index (χ1n) is 22.3. The van der Waals surface area contributed by atoms with Gasteiger partial charge in [-0.15, -0.1) is 0 Å². The molecular weight excluding hydrogens is 843 g/mol. The summed E-state index contributed by atoms with van der Waals surface area (Å²) in [7, 11) is 0. The van der Waals surface area contributed by atoms with E-state index in [1.807, 2.05) is 176 Å². The van der Waals surface area contributed by atoms with Gasteiger partial charge in [0, 0.05) is 49.7 Å². The predicted octanol–water partition coefficient (Wildman–Crippen LogP) is 14.7. The van der Waals surface area contributed by atoms with Gasteiger partial charge >= 0.3 is 0 Å². The van der Waals surface area contributed by atoms with Crippen molar-refractivity contribution >= 4 is 21.8 Å². The zero-order valence-electron chi connectivity index (χ0n) is 36.8. The Labute approximate surface area is 398 Å². The molecule has 318 valence electrons. The summed E-state index contributed by atoms with van der Waals surface area (Å²) in [6, 6.07) is 78.6. The van der Waals surface area contributed by atoms with Gasteiger partial charge in [-0.05, 0) is 89.0 Å². The molecule has 2 heterocycles. The van der Waals surface area contributed by atoms with Gasteiger partial charge in [0.05, 0.1) is 74.6 Å². The van der Waals surface area contributed by atoms with Gasteiger partial charge in [-0.1, -0.05) is 146 Å². The van der Waals surface area contributed by atoms with Gasteiger partial charge in [0.25, 0.3) is 0 Å². The predicted molar refractivity (Wildman–Crippen MR) is 273 cm³/mol. The minimum Gasteiger partial charge on any atom is -0.308 e. The molecule has 0 aliphatic carbocycles. The number of benzene rings is 9. The maximum absolute atomic E-state index is 10.8. The summed E-state index contributed by atoms with van der Waals surface area (Å²) in [5.74, 6) is 0.469. The summed E-state index contributed by atoms with van der Waals surface area (Å²) in [6.07, 6.45) is 0. The Morgan fingerprint density at radius 3 is 1.07 bits per heavy atom. The van der Waals surface area contributed by atoms with Crippen LogP contribution < -0.4 is 0 Å². The van der Waals surface area contributed by atoms with Crippen molar-refractivity contribution in [2.45, 2.75) is 0 Å². The highest BCUT2D eigenvalue weighted by Crippen LogP contribution is 2.46. The van der Waals surface area contributed by atoms with Crippen LogP contribution in [0.1, 0.15) is 22.3 Å². The first-order chi connectivity index (χ1) is 34.0. The minimum absolute atomic E-state index is 0.464. The van der Waals surface area contributed by atoms with Crippen LogP contribution in [0.5, 0.6) is 0 Å². The smallest absolute Gasteiger partial charge is 0.160 e. The molecule has 2 aromatic heterocycles. The average molecular weight is 878 g/mol. The second-order valence-electron chi connectivity index (χ2n) is 16.5. The Morgan fingerprint density at radius 1 is 0.304 bits per heavy atom. The van der Waals surface area contributed by atoms with Crippen molar-refractivity contribution in [3.63, 3.8) is 0 Å². The molecule has 9 aromatic carbocycles. The van der Waals surface area contributed by atoms with Crippen LogP contribution in [0.4, 0.5) is 0 Å². The summed E-state index contributed by atoms with van der Waals surface area (Å²) in [5, 5.41) is 43.9. The maximum Gasteiger partial charge on any atom is 0.160 e. The fourth-order valence-electron chi connectivity index (χ4n) is 9.40. The van der Waals surface area contributed by atoms with Crippen LogP contribution in [0, 0.1) is 45.3 Å². The lowest BCUT2D eigenvalue weighted by Crippen LogP contribution is -2.04. The molecular formula is C62H35N7. The van der Waals surface area contributed by atoms with Crippen molar-refractivity contribution in [1.29, 1.82) is 21.0 Å². The SMILES string of the molecule is N#Cc1ccccc1-c1ccc2c(c1)c1cc(-c3ccccc3C#N)ccc1n2-c1c(-c2ccccc2C#N)cc(-c2nc(-c3ccccc3)cc(-c3ccccc3)n2)cc1-c1ccccc1C#N. The second-order valence-corrected chi connectivity index (χ2v) is 16.5. The molecule has 7 heteroatoms. The van der Waals surface area contributed by atoms with Gasteiger partial charge in [-0.25, -0.2) is 9.97 Å². The summed E-state index contributed by atoms with van der Waals surface area (Å²) < 4.78 is 2.22. The van der Waals surface area contributed by atoms with Crippen molar-refractivity contribution in [3.8, 4) is 108 Å². The fourth-order valence-corrected chi connectivity index (χ4v) is 9.40. The molecule has 0 unspecified atom stereocenters. The van der Waals surface area contributed by atoms with Crippen LogP contribution in [0.3, 0.4) is 0 Å². The molecule has 0 atom stereocenters. The van der Waals surface area contributed by atoms with Crippen molar-refractivity contribution < 1.29 is 0 Å². The third kappa shape index (κ3) is 7.42. The molecule has 0 aliphatic heterocycles. The fraction of sp³-hybridized carbons (Fsp3) is 0. The molecule has 0 spiro atoms. The maximum atomic E-state index is 10.8. The number of nitrogens with zero attached hydrogens (tertiary/aromatic N) is 7. The van der Waals surface area contributed by atoms with Gasteiger partial charge in [0.1, 0.15) is 0 Å². The lowest BCUT2D eigenvalue weighted by atomic mass is 9.89. The molecule has 69 heavy (non-hydrogen) atoms. The van der Waals surface area contributed by atoms with Crippen LogP contribution in [-0.4, -0.2) is 14.5 Å². The molecule has 0 fully saturated rings. The van der Waals surface area contributed by atoms with Crippen molar-refractivity contribution in [3.05, 3.63) is 235 Å². The molecule has 0 bridgehead atoms. The summed E-state index contributed by atoms with van der Waals surface area (Å²) in [6.45, 7) is 0. The summed E-state index contributed by atoms with van der Waals surface area (Å²) >= 11 is 0. The molecule has 0 saturated carbocycles. The molecule has 0 N–H and O–H groups in total. The number of hydrogen-bond donors (Lipinski definition) is 0. The minimum atomic E-state index is 0.464. The first kappa shape index (κ1) is 41.5. The Bertz CT molecular complexity index is 3760. The summed E-state index contributed by atoms with van der Waals surface area (Å²) in [5.41, 5.74) is 14.7. The third-order valence-corrected chi connectivity index (χ3v) is 12.6. The molecule has 11 rings (SSSR count). The zero-order valence-corrected chi connectivity index (χ0v) is 36.8. The highest BCUT2D eigenvalue weighted by molar-refractivity contribution is 6.13. The number of aromatic nitrogens is 3. The molecule has 0 aliphatic rings. The second kappa shape index (κ2) is 17.7. The van der Waals surface area contributed by atoms with Gasteiger partial charge < -0.3 is 4.57 Å². The molecule has 7 nitrogen and oxygen atoms in total. The molecule has 0 amide bonds. The highest BCUT2D eigenvalue weighted by Gasteiger charge is 2.26. The topological polar surface area (TPSA) is 126 Å². The lowest BCUT2D eigenvalue weighted by molar-refractivity contribution is 1.16. The average Bonchev–Trinajstić information content (AvgIpc) is 3.75. The highest BCUT2D eigenvalue weighted by atomic mass is 15.0. The van der Waals surface area contributed by atoms with E-state index >= 15 is 0 Å². The number of hydrogen-bond acceptors (Lipinski definition) is 6. The number of rotatable bonds is 8. The standard InChI is InChI=1S/C62H35N7/c63-36-44-19-7-11-23-49(44)42-27-29-59-53(31-42)54-32-43(50-24-12-8-20-45(50)37-64)28-30-60(54)69(59)61-55(51-25-13-9-21-46(51)38-65)33-48(34-56(61)52-26-14-10-22-47(52)39-66)62-67-57(40-15-3-1-4-16-40)35-58(68-62)41-17-5-2-6-18-41/h1-35H. The van der Waals surface area contributed by atoms with Gasteiger partial charge in [0.2, 0.25) is 0 Å². The van der Waals surface area contributed by atoms with E-state index in [1.54, 1.807) is 0 Å². The molecule has 0 saturated heterocycles.